The first-order chi connectivity index (χ1) is 9.28. The zero-order chi connectivity index (χ0) is 14.9. The molecule has 2 rings (SSSR count). The molecule has 0 bridgehead atoms. The number of hydrazine groups is 1. The Kier molecular flexibility index (Phi) is 3.63. The summed E-state index contributed by atoms with van der Waals surface area (Å²) < 4.78 is 7.04. The van der Waals surface area contributed by atoms with Gasteiger partial charge in [0.2, 0.25) is 0 Å². The number of carbonyl (C=O) groups excluding carboxylic acids is 1. The predicted octanol–water partition coefficient (Wildman–Crippen LogP) is 1.95. The number of anilines is 1. The molecule has 0 N–H and O–H groups in total. The van der Waals surface area contributed by atoms with Gasteiger partial charge in [0.15, 0.2) is 5.65 Å². The van der Waals surface area contributed by atoms with Crippen molar-refractivity contribution in [1.29, 1.82) is 0 Å². The molecule has 7 nitrogen and oxygen atoms in total. The van der Waals surface area contributed by atoms with Crippen LogP contribution in [0.15, 0.2) is 24.7 Å². The third kappa shape index (κ3) is 3.05. The van der Waals surface area contributed by atoms with E-state index in [1.807, 2.05) is 20.8 Å². The van der Waals surface area contributed by atoms with Crippen molar-refractivity contribution in [3.63, 3.8) is 0 Å². The van der Waals surface area contributed by atoms with Crippen LogP contribution < -0.4 is 5.01 Å². The SMILES string of the molecule is CN(C)N(C(=O)OC(C)(C)C)c1ccn2ncnc2c1. The van der Waals surface area contributed by atoms with E-state index >= 15 is 0 Å². The number of rotatable bonds is 2. The molecule has 2 heterocycles. The quantitative estimate of drug-likeness (QED) is 0.785. The molecule has 0 aliphatic heterocycles. The van der Waals surface area contributed by atoms with Crippen LogP contribution in [0.4, 0.5) is 10.5 Å². The molecule has 0 aliphatic carbocycles. The zero-order valence-electron chi connectivity index (χ0n) is 12.4. The fourth-order valence-electron chi connectivity index (χ4n) is 1.74. The first kappa shape index (κ1) is 14.3. The summed E-state index contributed by atoms with van der Waals surface area (Å²) in [6.07, 6.45) is 2.77. The van der Waals surface area contributed by atoms with E-state index < -0.39 is 11.7 Å². The van der Waals surface area contributed by atoms with Crippen LogP contribution in [-0.4, -0.2) is 45.4 Å². The smallest absolute Gasteiger partial charge is 0.429 e. The Morgan fingerprint density at radius 1 is 1.35 bits per heavy atom. The van der Waals surface area contributed by atoms with Crippen molar-refractivity contribution in [2.75, 3.05) is 19.1 Å². The first-order valence-electron chi connectivity index (χ1n) is 6.28. The van der Waals surface area contributed by atoms with E-state index in [0.29, 0.717) is 11.3 Å². The van der Waals surface area contributed by atoms with Crippen LogP contribution in [-0.2, 0) is 4.74 Å². The number of aromatic nitrogens is 3. The number of nitrogens with zero attached hydrogens (tertiary/aromatic N) is 5. The number of ether oxygens (including phenoxy) is 1. The lowest BCUT2D eigenvalue weighted by atomic mass is 10.2. The van der Waals surface area contributed by atoms with Crippen LogP contribution in [0.3, 0.4) is 0 Å². The second kappa shape index (κ2) is 5.09. The van der Waals surface area contributed by atoms with Crippen molar-refractivity contribution >= 4 is 17.4 Å². The van der Waals surface area contributed by atoms with Crippen LogP contribution >= 0.6 is 0 Å². The van der Waals surface area contributed by atoms with Gasteiger partial charge in [-0.2, -0.15) is 5.10 Å². The standard InChI is InChI=1S/C13H19N5O2/c1-13(2,3)20-12(19)18(16(4)5)10-6-7-17-11(8-10)14-9-15-17/h6-9H,1-5H3. The van der Waals surface area contributed by atoms with E-state index in [4.69, 9.17) is 4.74 Å². The molecule has 7 heteroatoms. The van der Waals surface area contributed by atoms with Crippen LogP contribution in [0.2, 0.25) is 0 Å². The van der Waals surface area contributed by atoms with Gasteiger partial charge in [0.25, 0.3) is 0 Å². The van der Waals surface area contributed by atoms with E-state index in [0.717, 1.165) is 0 Å². The van der Waals surface area contributed by atoms with Crippen molar-refractivity contribution in [2.45, 2.75) is 26.4 Å². The molecule has 0 radical (unpaired) electrons. The summed E-state index contributed by atoms with van der Waals surface area (Å²) in [5.41, 5.74) is 0.785. The molecule has 0 saturated heterocycles. The van der Waals surface area contributed by atoms with Gasteiger partial charge in [0.05, 0.1) is 5.69 Å². The van der Waals surface area contributed by atoms with Crippen LogP contribution in [0.1, 0.15) is 20.8 Å². The normalized spacial score (nSPS) is 11.9. The Hall–Kier alpha value is -2.15. The van der Waals surface area contributed by atoms with Crippen LogP contribution in [0.5, 0.6) is 0 Å². The highest BCUT2D eigenvalue weighted by Gasteiger charge is 2.25. The molecule has 20 heavy (non-hydrogen) atoms. The van der Waals surface area contributed by atoms with E-state index in [-0.39, 0.29) is 0 Å². The molecule has 0 fully saturated rings. The van der Waals surface area contributed by atoms with Crippen molar-refractivity contribution in [2.24, 2.45) is 0 Å². The van der Waals surface area contributed by atoms with E-state index in [9.17, 15) is 4.79 Å². The summed E-state index contributed by atoms with van der Waals surface area (Å²) in [5, 5.41) is 7.13. The fourth-order valence-corrected chi connectivity index (χ4v) is 1.74. The summed E-state index contributed by atoms with van der Waals surface area (Å²) >= 11 is 0. The molecule has 0 aliphatic rings. The molecule has 0 aromatic carbocycles. The second-order valence-electron chi connectivity index (χ2n) is 5.59. The highest BCUT2D eigenvalue weighted by atomic mass is 16.6. The summed E-state index contributed by atoms with van der Waals surface area (Å²) in [6.45, 7) is 5.50. The average Bonchev–Trinajstić information content (AvgIpc) is 2.73. The number of amides is 1. The Labute approximate surface area is 117 Å². The van der Waals surface area contributed by atoms with Gasteiger partial charge >= 0.3 is 6.09 Å². The van der Waals surface area contributed by atoms with Gasteiger partial charge in [0, 0.05) is 26.4 Å². The largest absolute Gasteiger partial charge is 0.442 e. The molecule has 0 atom stereocenters. The number of carbonyl (C=O) groups is 1. The van der Waals surface area contributed by atoms with Crippen molar-refractivity contribution in [1.82, 2.24) is 19.6 Å². The number of pyridine rings is 1. The van der Waals surface area contributed by atoms with E-state index in [1.54, 1.807) is 41.9 Å². The number of hydrogen-bond donors (Lipinski definition) is 0. The minimum atomic E-state index is -0.551. The molecule has 0 saturated carbocycles. The fraction of sp³-hybridized carbons (Fsp3) is 0.462. The third-order valence-corrected chi connectivity index (χ3v) is 2.48. The zero-order valence-corrected chi connectivity index (χ0v) is 12.4. The van der Waals surface area contributed by atoms with Crippen LogP contribution in [0, 0.1) is 0 Å². The molecule has 0 unspecified atom stereocenters. The predicted molar refractivity (Wildman–Crippen MR) is 75.4 cm³/mol. The van der Waals surface area contributed by atoms with Gasteiger partial charge in [-0.25, -0.2) is 24.3 Å². The van der Waals surface area contributed by atoms with Gasteiger partial charge in [-0.3, -0.25) is 0 Å². The molecule has 2 aromatic heterocycles. The van der Waals surface area contributed by atoms with Crippen molar-refractivity contribution in [3.05, 3.63) is 24.7 Å². The Balaban J connectivity index is 2.34. The minimum absolute atomic E-state index is 0.439. The maximum Gasteiger partial charge on any atom is 0.429 e. The molecular weight excluding hydrogens is 258 g/mol. The highest BCUT2D eigenvalue weighted by molar-refractivity contribution is 5.87. The maximum atomic E-state index is 12.3. The monoisotopic (exact) mass is 277 g/mol. The number of fused-ring (bicyclic) bond motifs is 1. The maximum absolute atomic E-state index is 12.3. The summed E-state index contributed by atoms with van der Waals surface area (Å²) in [5.74, 6) is 0. The van der Waals surface area contributed by atoms with Gasteiger partial charge in [-0.1, -0.05) is 0 Å². The topological polar surface area (TPSA) is 63.0 Å². The second-order valence-corrected chi connectivity index (χ2v) is 5.59. The minimum Gasteiger partial charge on any atom is -0.442 e. The average molecular weight is 277 g/mol. The first-order valence-corrected chi connectivity index (χ1v) is 6.28. The van der Waals surface area contributed by atoms with Crippen molar-refractivity contribution in [3.8, 4) is 0 Å². The Morgan fingerprint density at radius 2 is 2.05 bits per heavy atom. The Morgan fingerprint density at radius 3 is 2.65 bits per heavy atom. The molecule has 0 spiro atoms. The van der Waals surface area contributed by atoms with Gasteiger partial charge in [0.1, 0.15) is 11.9 Å². The highest BCUT2D eigenvalue weighted by Crippen LogP contribution is 2.20. The Bertz CT molecular complexity index is 614. The van der Waals surface area contributed by atoms with E-state index in [1.165, 1.54) is 11.3 Å². The summed E-state index contributed by atoms with van der Waals surface area (Å²) in [6, 6.07) is 3.56. The van der Waals surface area contributed by atoms with Gasteiger partial charge < -0.3 is 4.74 Å². The van der Waals surface area contributed by atoms with Crippen LogP contribution in [0.25, 0.3) is 5.65 Å². The molecule has 108 valence electrons. The molecule has 1 amide bonds. The van der Waals surface area contributed by atoms with Gasteiger partial charge in [-0.15, -0.1) is 0 Å². The molecule has 2 aromatic rings. The summed E-state index contributed by atoms with van der Waals surface area (Å²) in [4.78, 5) is 16.4. The van der Waals surface area contributed by atoms with E-state index in [2.05, 4.69) is 10.1 Å². The lowest BCUT2D eigenvalue weighted by Crippen LogP contribution is -2.45. The summed E-state index contributed by atoms with van der Waals surface area (Å²) in [7, 11) is 3.55. The number of hydrogen-bond acceptors (Lipinski definition) is 5. The third-order valence-electron chi connectivity index (χ3n) is 2.48. The van der Waals surface area contributed by atoms with Crippen molar-refractivity contribution < 1.29 is 9.53 Å². The molecular formula is C13H19N5O2. The lowest BCUT2D eigenvalue weighted by Gasteiger charge is -2.31. The van der Waals surface area contributed by atoms with Gasteiger partial charge in [-0.05, 0) is 26.8 Å². The lowest BCUT2D eigenvalue weighted by molar-refractivity contribution is 0.0501.